The number of methoxy groups -OCH3 is 1. The van der Waals surface area contributed by atoms with E-state index in [0.717, 1.165) is 22.2 Å². The Morgan fingerprint density at radius 2 is 1.90 bits per heavy atom. The topological polar surface area (TPSA) is 142 Å². The quantitative estimate of drug-likeness (QED) is 0.283. The Morgan fingerprint density at radius 3 is 2.55 bits per heavy atom. The number of hydrogen-bond donors (Lipinski definition) is 2. The van der Waals surface area contributed by atoms with Crippen LogP contribution in [0.2, 0.25) is 10.0 Å². The van der Waals surface area contributed by atoms with Crippen LogP contribution in [0.3, 0.4) is 0 Å². The summed E-state index contributed by atoms with van der Waals surface area (Å²) in [6, 6.07) is 14.5. The maximum Gasteiger partial charge on any atom is 0.290 e. The molecule has 5 aromatic rings. The summed E-state index contributed by atoms with van der Waals surface area (Å²) in [6.07, 6.45) is 1.05. The first kappa shape index (κ1) is 25.8. The van der Waals surface area contributed by atoms with Crippen LogP contribution in [0.25, 0.3) is 28.1 Å². The summed E-state index contributed by atoms with van der Waals surface area (Å²) in [5.41, 5.74) is 2.12. The van der Waals surface area contributed by atoms with Crippen molar-refractivity contribution in [3.8, 4) is 23.1 Å². The molecule has 0 spiro atoms. The zero-order valence-corrected chi connectivity index (χ0v) is 22.8. The van der Waals surface area contributed by atoms with Crippen molar-refractivity contribution in [2.75, 3.05) is 7.11 Å². The number of tetrazole rings is 1. The molecule has 2 N–H and O–H groups in total. The summed E-state index contributed by atoms with van der Waals surface area (Å²) in [6.45, 7) is 0.272. The normalized spacial score (nSPS) is 13.8. The fourth-order valence-electron chi connectivity index (χ4n) is 4.46. The minimum atomic E-state index is -0.974. The lowest BCUT2D eigenvalue weighted by molar-refractivity contribution is -0.124. The molecule has 2 aromatic carbocycles. The van der Waals surface area contributed by atoms with Crippen LogP contribution in [0, 0.1) is 0 Å². The summed E-state index contributed by atoms with van der Waals surface area (Å²) >= 11 is 13.0. The van der Waals surface area contributed by atoms with Crippen molar-refractivity contribution in [2.24, 2.45) is 7.05 Å². The second-order valence-corrected chi connectivity index (χ2v) is 10.2. The number of halogens is 2. The summed E-state index contributed by atoms with van der Waals surface area (Å²) in [4.78, 5) is 26.8. The van der Waals surface area contributed by atoms with Gasteiger partial charge in [0.05, 0.1) is 30.8 Å². The third-order valence-corrected chi connectivity index (χ3v) is 7.31. The van der Waals surface area contributed by atoms with Crippen molar-refractivity contribution in [3.05, 3.63) is 69.9 Å². The van der Waals surface area contributed by atoms with Gasteiger partial charge in [0.15, 0.2) is 0 Å². The first-order valence-electron chi connectivity index (χ1n) is 12.2. The standard InChI is InChI=1S/C26H22Cl2N8O4/c1-35-32-23(31-34-35)22-21(28)17-11-15(27)5-8-18(17)36(22)16-6-3-14(4-7-16)13-29-25(38)26(9-10-26)30-24(37)19-12-20(39-2)33-40-19/h3-8,11-12H,9-10,13H2,1-2H3,(H,29,38)(H,30,37). The van der Waals surface area contributed by atoms with Gasteiger partial charge in [-0.25, -0.2) is 0 Å². The van der Waals surface area contributed by atoms with Gasteiger partial charge in [-0.15, -0.1) is 10.2 Å². The van der Waals surface area contributed by atoms with E-state index in [-0.39, 0.29) is 24.1 Å². The van der Waals surface area contributed by atoms with Gasteiger partial charge in [0.1, 0.15) is 11.2 Å². The number of ether oxygens (including phenoxy) is 1. The zero-order valence-electron chi connectivity index (χ0n) is 21.3. The lowest BCUT2D eigenvalue weighted by atomic mass is 10.1. The summed E-state index contributed by atoms with van der Waals surface area (Å²) in [5, 5.41) is 23.5. The highest BCUT2D eigenvalue weighted by atomic mass is 35.5. The Morgan fingerprint density at radius 1 is 1.12 bits per heavy atom. The summed E-state index contributed by atoms with van der Waals surface area (Å²) in [5.74, 6) is -0.270. The van der Waals surface area contributed by atoms with E-state index >= 15 is 0 Å². The fraction of sp³-hybridized carbons (Fsp3) is 0.231. The number of benzene rings is 2. The van der Waals surface area contributed by atoms with E-state index < -0.39 is 11.4 Å². The maximum atomic E-state index is 12.9. The van der Waals surface area contributed by atoms with Gasteiger partial charge in [-0.05, 0) is 59.1 Å². The SMILES string of the molecule is COc1cc(C(=O)NC2(C(=O)NCc3ccc(-n4c(-c5nnn(C)n5)c(Cl)c5cc(Cl)ccc54)cc3)CC2)on1. The van der Waals surface area contributed by atoms with E-state index in [4.69, 9.17) is 32.5 Å². The van der Waals surface area contributed by atoms with Gasteiger partial charge >= 0.3 is 0 Å². The van der Waals surface area contributed by atoms with E-state index in [0.29, 0.717) is 34.4 Å². The fourth-order valence-corrected chi connectivity index (χ4v) is 4.95. The first-order chi connectivity index (χ1) is 19.3. The van der Waals surface area contributed by atoms with Crippen molar-refractivity contribution in [2.45, 2.75) is 24.9 Å². The molecule has 3 heterocycles. The van der Waals surface area contributed by atoms with Crippen LogP contribution in [0.15, 0.2) is 53.1 Å². The van der Waals surface area contributed by atoms with Crippen LogP contribution in [0.5, 0.6) is 5.88 Å². The molecule has 1 fully saturated rings. The molecule has 0 saturated heterocycles. The van der Waals surface area contributed by atoms with E-state index in [1.807, 2.05) is 34.9 Å². The van der Waals surface area contributed by atoms with Gasteiger partial charge in [0.2, 0.25) is 17.5 Å². The highest BCUT2D eigenvalue weighted by Crippen LogP contribution is 2.39. The van der Waals surface area contributed by atoms with E-state index in [1.54, 1.807) is 19.2 Å². The van der Waals surface area contributed by atoms with Crippen LogP contribution in [0.1, 0.15) is 29.0 Å². The Kier molecular flexibility index (Phi) is 6.43. The molecule has 1 aliphatic rings. The zero-order chi connectivity index (χ0) is 28.0. The minimum Gasteiger partial charge on any atom is -0.479 e. The largest absolute Gasteiger partial charge is 0.479 e. The second-order valence-electron chi connectivity index (χ2n) is 9.38. The molecule has 40 heavy (non-hydrogen) atoms. The Bertz CT molecular complexity index is 1750. The Labute approximate surface area is 237 Å². The molecule has 0 aliphatic heterocycles. The molecule has 0 atom stereocenters. The molecule has 12 nitrogen and oxygen atoms in total. The van der Waals surface area contributed by atoms with Crippen LogP contribution in [-0.2, 0) is 18.4 Å². The van der Waals surface area contributed by atoms with Crippen molar-refractivity contribution >= 4 is 45.9 Å². The van der Waals surface area contributed by atoms with E-state index in [9.17, 15) is 9.59 Å². The van der Waals surface area contributed by atoms with Crippen molar-refractivity contribution in [1.82, 2.24) is 40.6 Å². The van der Waals surface area contributed by atoms with Gasteiger partial charge in [-0.2, -0.15) is 4.80 Å². The number of rotatable bonds is 8. The minimum absolute atomic E-state index is 0.0255. The first-order valence-corrected chi connectivity index (χ1v) is 13.0. The van der Waals surface area contributed by atoms with Gasteiger partial charge < -0.3 is 24.5 Å². The van der Waals surface area contributed by atoms with Gasteiger partial charge in [-0.1, -0.05) is 35.3 Å². The predicted molar refractivity (Wildman–Crippen MR) is 145 cm³/mol. The van der Waals surface area contributed by atoms with Crippen LogP contribution < -0.4 is 15.4 Å². The molecule has 0 radical (unpaired) electrons. The van der Waals surface area contributed by atoms with Crippen molar-refractivity contribution in [1.29, 1.82) is 0 Å². The number of carbonyl (C=O) groups is 2. The Hall–Kier alpha value is -4.42. The van der Waals surface area contributed by atoms with E-state index in [1.165, 1.54) is 18.0 Å². The van der Waals surface area contributed by atoms with Gasteiger partial charge in [0.25, 0.3) is 11.8 Å². The molecule has 0 unspecified atom stereocenters. The molecule has 1 aliphatic carbocycles. The number of carbonyl (C=O) groups excluding carboxylic acids is 2. The highest BCUT2D eigenvalue weighted by Gasteiger charge is 2.51. The average Bonchev–Trinajstić information content (AvgIpc) is 3.25. The summed E-state index contributed by atoms with van der Waals surface area (Å²) < 4.78 is 11.8. The highest BCUT2D eigenvalue weighted by molar-refractivity contribution is 6.39. The molecule has 3 aromatic heterocycles. The maximum absolute atomic E-state index is 12.9. The molecule has 204 valence electrons. The molecule has 1 saturated carbocycles. The third-order valence-electron chi connectivity index (χ3n) is 6.69. The number of amides is 2. The van der Waals surface area contributed by atoms with Gasteiger partial charge in [0, 0.05) is 22.6 Å². The summed E-state index contributed by atoms with van der Waals surface area (Å²) in [7, 11) is 3.10. The molecule has 0 bridgehead atoms. The van der Waals surface area contributed by atoms with Crippen LogP contribution in [-0.4, -0.2) is 54.4 Å². The number of aromatic nitrogens is 6. The number of nitrogens with zero attached hydrogens (tertiary/aromatic N) is 6. The molecular formula is C26H22Cl2N8O4. The molecule has 14 heteroatoms. The van der Waals surface area contributed by atoms with Crippen LogP contribution in [0.4, 0.5) is 0 Å². The number of aryl methyl sites for hydroxylation is 1. The molecular weight excluding hydrogens is 559 g/mol. The second kappa shape index (κ2) is 9.96. The monoisotopic (exact) mass is 580 g/mol. The molecule has 2 amide bonds. The number of fused-ring (bicyclic) bond motifs is 1. The van der Waals surface area contributed by atoms with Crippen LogP contribution >= 0.6 is 23.2 Å². The smallest absolute Gasteiger partial charge is 0.290 e. The predicted octanol–water partition coefficient (Wildman–Crippen LogP) is 3.70. The van der Waals surface area contributed by atoms with Crippen molar-refractivity contribution < 1.29 is 18.8 Å². The van der Waals surface area contributed by atoms with E-state index in [2.05, 4.69) is 31.2 Å². The van der Waals surface area contributed by atoms with Crippen molar-refractivity contribution in [3.63, 3.8) is 0 Å². The third kappa shape index (κ3) is 4.65. The number of hydrogen-bond acceptors (Lipinski definition) is 8. The number of nitrogens with one attached hydrogen (secondary N) is 2. The average molecular weight is 581 g/mol. The Balaban J connectivity index is 1.20. The van der Waals surface area contributed by atoms with Gasteiger partial charge in [-0.3, -0.25) is 9.59 Å². The lowest BCUT2D eigenvalue weighted by Gasteiger charge is -2.16. The lowest BCUT2D eigenvalue weighted by Crippen LogP contribution is -2.48. The molecule has 6 rings (SSSR count).